The average molecular weight is 339 g/mol. The van der Waals surface area contributed by atoms with Crippen LogP contribution < -0.4 is 9.46 Å². The molecule has 23 heavy (non-hydrogen) atoms. The van der Waals surface area contributed by atoms with Gasteiger partial charge in [-0.15, -0.1) is 0 Å². The first-order chi connectivity index (χ1) is 10.9. The molecular formula is C16H12F3NO2S. The van der Waals surface area contributed by atoms with Crippen molar-refractivity contribution in [1.82, 2.24) is 0 Å². The molecule has 0 atom stereocenters. The number of hydrogen-bond acceptors (Lipinski definition) is 4. The van der Waals surface area contributed by atoms with Gasteiger partial charge >= 0.3 is 5.51 Å². The molecule has 0 radical (unpaired) electrons. The number of hydrogen-bond donors (Lipinski definition) is 1. The number of para-hydroxylation sites is 1. The number of benzene rings is 2. The van der Waals surface area contributed by atoms with Crippen molar-refractivity contribution in [2.75, 3.05) is 11.3 Å². The summed E-state index contributed by atoms with van der Waals surface area (Å²) < 4.78 is 45.0. The standard InChI is InChI=1S/C16H12F3NO2S/c17-16(18,19)23-20-13-4-2-1-3-11(13)10-5-6-12-14(21)7-8-22-15(12)9-10/h1-6,9,20H,7-8H2. The monoisotopic (exact) mass is 339 g/mol. The highest BCUT2D eigenvalue weighted by Crippen LogP contribution is 2.37. The molecule has 0 aliphatic carbocycles. The summed E-state index contributed by atoms with van der Waals surface area (Å²) >= 11 is -0.311. The van der Waals surface area contributed by atoms with Gasteiger partial charge in [-0.3, -0.25) is 4.79 Å². The summed E-state index contributed by atoms with van der Waals surface area (Å²) in [5, 5.41) is 0. The van der Waals surface area contributed by atoms with Gasteiger partial charge < -0.3 is 9.46 Å². The van der Waals surface area contributed by atoms with E-state index in [4.69, 9.17) is 4.74 Å². The Balaban J connectivity index is 1.94. The number of ketones is 1. The summed E-state index contributed by atoms with van der Waals surface area (Å²) in [6.45, 7) is 0.319. The van der Waals surface area contributed by atoms with Crippen LogP contribution in [0.4, 0.5) is 18.9 Å². The second kappa shape index (κ2) is 6.16. The number of alkyl halides is 3. The first kappa shape index (κ1) is 15.7. The molecule has 3 rings (SSSR count). The maximum Gasteiger partial charge on any atom is 0.461 e. The van der Waals surface area contributed by atoms with E-state index >= 15 is 0 Å². The van der Waals surface area contributed by atoms with Crippen molar-refractivity contribution in [1.29, 1.82) is 0 Å². The lowest BCUT2D eigenvalue weighted by Gasteiger charge is -2.18. The first-order valence-electron chi connectivity index (χ1n) is 6.84. The highest BCUT2D eigenvalue weighted by Gasteiger charge is 2.29. The second-order valence-electron chi connectivity index (χ2n) is 4.93. The zero-order valence-corrected chi connectivity index (χ0v) is 12.6. The SMILES string of the molecule is O=C1CCOc2cc(-c3ccccc3NSC(F)(F)F)ccc21. The molecule has 3 nitrogen and oxygen atoms in total. The van der Waals surface area contributed by atoms with E-state index in [1.807, 2.05) is 0 Å². The van der Waals surface area contributed by atoms with Gasteiger partial charge in [-0.05, 0) is 23.8 Å². The Morgan fingerprint density at radius 1 is 1.09 bits per heavy atom. The summed E-state index contributed by atoms with van der Waals surface area (Å²) in [7, 11) is 0. The first-order valence-corrected chi connectivity index (χ1v) is 7.66. The summed E-state index contributed by atoms with van der Waals surface area (Å²) in [5.74, 6) is 0.480. The summed E-state index contributed by atoms with van der Waals surface area (Å²) in [4.78, 5) is 11.8. The van der Waals surface area contributed by atoms with Crippen LogP contribution in [0.5, 0.6) is 5.75 Å². The highest BCUT2D eigenvalue weighted by molar-refractivity contribution is 8.01. The van der Waals surface area contributed by atoms with Crippen LogP contribution in [0, 0.1) is 0 Å². The number of carbonyl (C=O) groups is 1. The van der Waals surface area contributed by atoms with Crippen molar-refractivity contribution in [3.63, 3.8) is 0 Å². The van der Waals surface area contributed by atoms with E-state index in [2.05, 4.69) is 4.72 Å². The van der Waals surface area contributed by atoms with Crippen molar-refractivity contribution in [3.8, 4) is 16.9 Å². The van der Waals surface area contributed by atoms with Crippen LogP contribution in [-0.4, -0.2) is 17.9 Å². The lowest BCUT2D eigenvalue weighted by Crippen LogP contribution is -2.15. The summed E-state index contributed by atoms with van der Waals surface area (Å²) in [6, 6.07) is 11.7. The molecule has 1 N–H and O–H groups in total. The maximum atomic E-state index is 12.4. The van der Waals surface area contributed by atoms with Gasteiger partial charge in [0, 0.05) is 12.0 Å². The fourth-order valence-electron chi connectivity index (χ4n) is 2.36. The minimum Gasteiger partial charge on any atom is -0.492 e. The van der Waals surface area contributed by atoms with Gasteiger partial charge in [0.05, 0.1) is 29.8 Å². The molecule has 120 valence electrons. The van der Waals surface area contributed by atoms with Gasteiger partial charge in [0.25, 0.3) is 0 Å². The number of fused-ring (bicyclic) bond motifs is 1. The number of carbonyl (C=O) groups excluding carboxylic acids is 1. The van der Waals surface area contributed by atoms with Crippen LogP contribution in [0.3, 0.4) is 0 Å². The molecule has 1 heterocycles. The van der Waals surface area contributed by atoms with E-state index in [0.717, 1.165) is 0 Å². The molecule has 0 aromatic heterocycles. The zero-order valence-electron chi connectivity index (χ0n) is 11.8. The zero-order chi connectivity index (χ0) is 16.4. The average Bonchev–Trinajstić information content (AvgIpc) is 2.52. The van der Waals surface area contributed by atoms with Crippen molar-refractivity contribution in [3.05, 3.63) is 48.0 Å². The minimum atomic E-state index is -4.38. The predicted octanol–water partition coefficient (Wildman–Crippen LogP) is 4.90. The van der Waals surface area contributed by atoms with Gasteiger partial charge in [-0.2, -0.15) is 13.2 Å². The van der Waals surface area contributed by atoms with E-state index in [9.17, 15) is 18.0 Å². The third kappa shape index (κ3) is 3.61. The molecule has 1 aliphatic heterocycles. The number of nitrogens with one attached hydrogen (secondary N) is 1. The highest BCUT2D eigenvalue weighted by atomic mass is 32.2. The van der Waals surface area contributed by atoms with Gasteiger partial charge in [0.15, 0.2) is 5.78 Å². The van der Waals surface area contributed by atoms with E-state index in [1.165, 1.54) is 0 Å². The van der Waals surface area contributed by atoms with E-state index in [1.54, 1.807) is 42.5 Å². The molecule has 2 aromatic rings. The molecule has 0 saturated carbocycles. The number of halogens is 3. The third-order valence-corrected chi connectivity index (χ3v) is 3.94. The van der Waals surface area contributed by atoms with Crippen molar-refractivity contribution >= 4 is 23.4 Å². The lowest BCUT2D eigenvalue weighted by atomic mass is 9.98. The Bertz CT molecular complexity index is 746. The molecule has 0 unspecified atom stereocenters. The molecule has 0 amide bonds. The molecule has 1 aliphatic rings. The largest absolute Gasteiger partial charge is 0.492 e. The Morgan fingerprint density at radius 2 is 1.87 bits per heavy atom. The predicted molar refractivity (Wildman–Crippen MR) is 83.6 cm³/mol. The van der Waals surface area contributed by atoms with Crippen LogP contribution in [0.15, 0.2) is 42.5 Å². The van der Waals surface area contributed by atoms with Crippen LogP contribution in [-0.2, 0) is 0 Å². The smallest absolute Gasteiger partial charge is 0.461 e. The van der Waals surface area contributed by atoms with Gasteiger partial charge in [0.1, 0.15) is 5.75 Å². The van der Waals surface area contributed by atoms with Crippen molar-refractivity contribution in [2.24, 2.45) is 0 Å². The molecular weight excluding hydrogens is 327 g/mol. The number of anilines is 1. The summed E-state index contributed by atoms with van der Waals surface area (Å²) in [5.41, 5.74) is -2.23. The quantitative estimate of drug-likeness (QED) is 0.807. The molecule has 0 fully saturated rings. The molecule has 0 saturated heterocycles. The Labute approximate surface area is 135 Å². The van der Waals surface area contributed by atoms with E-state index in [-0.39, 0.29) is 17.7 Å². The molecule has 2 aromatic carbocycles. The van der Waals surface area contributed by atoms with Crippen LogP contribution in [0.2, 0.25) is 0 Å². The molecule has 0 spiro atoms. The molecule has 0 bridgehead atoms. The minimum absolute atomic E-state index is 0.0110. The number of Topliss-reactive ketones (excluding diaryl/α,β-unsaturated/α-hetero) is 1. The van der Waals surface area contributed by atoms with Gasteiger partial charge in [-0.25, -0.2) is 0 Å². The Morgan fingerprint density at radius 3 is 2.65 bits per heavy atom. The van der Waals surface area contributed by atoms with Gasteiger partial charge in [0.2, 0.25) is 0 Å². The fraction of sp³-hybridized carbons (Fsp3) is 0.188. The van der Waals surface area contributed by atoms with Crippen molar-refractivity contribution < 1.29 is 22.7 Å². The Hall–Kier alpha value is -2.15. The van der Waals surface area contributed by atoms with Gasteiger partial charge in [-0.1, -0.05) is 24.3 Å². The fourth-order valence-corrected chi connectivity index (χ4v) is 2.77. The number of ether oxygens (including phenoxy) is 1. The van der Waals surface area contributed by atoms with E-state index in [0.29, 0.717) is 41.2 Å². The van der Waals surface area contributed by atoms with E-state index < -0.39 is 5.51 Å². The van der Waals surface area contributed by atoms with Crippen LogP contribution >= 0.6 is 11.9 Å². The van der Waals surface area contributed by atoms with Crippen LogP contribution in [0.25, 0.3) is 11.1 Å². The Kier molecular flexibility index (Phi) is 4.21. The van der Waals surface area contributed by atoms with Crippen molar-refractivity contribution in [2.45, 2.75) is 11.9 Å². The maximum absolute atomic E-state index is 12.4. The molecule has 7 heteroatoms. The second-order valence-corrected chi connectivity index (χ2v) is 5.80. The van der Waals surface area contributed by atoms with Crippen LogP contribution in [0.1, 0.15) is 16.8 Å². The topological polar surface area (TPSA) is 38.3 Å². The third-order valence-electron chi connectivity index (χ3n) is 3.38. The number of rotatable bonds is 3. The normalized spacial score (nSPS) is 14.1. The summed E-state index contributed by atoms with van der Waals surface area (Å²) in [6.07, 6.45) is 0.340. The lowest BCUT2D eigenvalue weighted by molar-refractivity contribution is -0.0323.